The number of piperidine rings is 1. The number of carbonyl (C=O) groups excluding carboxylic acids is 4. The molecule has 0 spiro atoms. The molecule has 2 aromatic heterocycles. The van der Waals surface area contributed by atoms with Gasteiger partial charge in [0.15, 0.2) is 5.11 Å². The molecule has 3 aliphatic heterocycles. The zero-order valence-corrected chi connectivity index (χ0v) is 45.0. The molecule has 3 saturated heterocycles. The Morgan fingerprint density at radius 3 is 2.24 bits per heavy atom. The van der Waals surface area contributed by atoms with Crippen molar-refractivity contribution in [1.82, 2.24) is 25.5 Å². The van der Waals surface area contributed by atoms with Crippen LogP contribution in [-0.4, -0.2) is 106 Å². The van der Waals surface area contributed by atoms with E-state index in [-0.39, 0.29) is 67.1 Å². The van der Waals surface area contributed by atoms with E-state index in [4.69, 9.17) is 21.9 Å². The first-order chi connectivity index (χ1) is 36.0. The van der Waals surface area contributed by atoms with Gasteiger partial charge in [0.25, 0.3) is 5.91 Å². The fourth-order valence-corrected chi connectivity index (χ4v) is 11.5. The van der Waals surface area contributed by atoms with Crippen LogP contribution in [-0.2, 0) is 36.6 Å². The van der Waals surface area contributed by atoms with Crippen LogP contribution in [0.25, 0.3) is 21.6 Å². The number of aliphatic hydroxyl groups is 1. The van der Waals surface area contributed by atoms with Gasteiger partial charge in [-0.05, 0) is 123 Å². The number of thiocarbonyl (C=S) groups is 1. The Labute approximate surface area is 450 Å². The molecular formula is C56H62F3N9O6S2. The van der Waals surface area contributed by atoms with E-state index in [2.05, 4.69) is 20.5 Å². The lowest BCUT2D eigenvalue weighted by atomic mass is 9.77. The lowest BCUT2D eigenvalue weighted by molar-refractivity contribution is -0.145. The normalized spacial score (nSPS) is 18.5. The van der Waals surface area contributed by atoms with Crippen LogP contribution >= 0.6 is 23.6 Å². The highest BCUT2D eigenvalue weighted by molar-refractivity contribution is 7.81. The van der Waals surface area contributed by atoms with Gasteiger partial charge in [-0.25, -0.2) is 9.97 Å². The Morgan fingerprint density at radius 1 is 0.947 bits per heavy atom. The van der Waals surface area contributed by atoms with Crippen molar-refractivity contribution in [3.05, 3.63) is 113 Å². The zero-order valence-electron chi connectivity index (χ0n) is 43.3. The van der Waals surface area contributed by atoms with E-state index >= 15 is 0 Å². The number of aliphatic hydroxyl groups excluding tert-OH is 1. The van der Waals surface area contributed by atoms with Gasteiger partial charge in [-0.3, -0.25) is 24.1 Å². The van der Waals surface area contributed by atoms with Gasteiger partial charge >= 0.3 is 6.18 Å². The molecule has 3 aromatic carbocycles. The molecule has 76 heavy (non-hydrogen) atoms. The van der Waals surface area contributed by atoms with Gasteiger partial charge in [-0.15, -0.1) is 11.3 Å². The largest absolute Gasteiger partial charge is 0.417 e. The maximum absolute atomic E-state index is 14.1. The number of aromatic nitrogens is 2. The number of aryl methyl sites for hydroxylation is 1. The summed E-state index contributed by atoms with van der Waals surface area (Å²) in [7, 11) is 0. The molecule has 3 N–H and O–H groups in total. The smallest absolute Gasteiger partial charge is 0.391 e. The Balaban J connectivity index is 0.765. The molecule has 4 amide bonds. The number of pyridine rings is 1. The number of anilines is 3. The lowest BCUT2D eigenvalue weighted by Crippen LogP contribution is -2.50. The van der Waals surface area contributed by atoms with Crippen molar-refractivity contribution >= 4 is 69.5 Å². The van der Waals surface area contributed by atoms with Crippen molar-refractivity contribution in [3.63, 3.8) is 0 Å². The van der Waals surface area contributed by atoms with Crippen LogP contribution in [0.3, 0.4) is 0 Å². The summed E-state index contributed by atoms with van der Waals surface area (Å²) in [5, 5.41) is 25.8. The number of amides is 4. The van der Waals surface area contributed by atoms with Crippen LogP contribution in [0.2, 0.25) is 0 Å². The minimum Gasteiger partial charge on any atom is -0.391 e. The van der Waals surface area contributed by atoms with Gasteiger partial charge in [0.2, 0.25) is 17.7 Å². The van der Waals surface area contributed by atoms with E-state index in [9.17, 15) is 42.7 Å². The number of hydrogen-bond donors (Lipinski definition) is 3. The number of nitrogens with zero attached hydrogens (tertiary/aromatic N) is 7. The summed E-state index contributed by atoms with van der Waals surface area (Å²) in [4.78, 5) is 70.8. The van der Waals surface area contributed by atoms with Gasteiger partial charge in [-0.1, -0.05) is 57.2 Å². The summed E-state index contributed by atoms with van der Waals surface area (Å²) in [5.74, 6) is -0.788. The molecule has 0 radical (unpaired) electrons. The van der Waals surface area contributed by atoms with E-state index in [0.29, 0.717) is 18.7 Å². The van der Waals surface area contributed by atoms with Crippen molar-refractivity contribution in [3.8, 4) is 27.6 Å². The summed E-state index contributed by atoms with van der Waals surface area (Å²) < 4.78 is 47.3. The summed E-state index contributed by atoms with van der Waals surface area (Å²) >= 11 is 7.27. The number of nitriles is 1. The summed E-state index contributed by atoms with van der Waals surface area (Å²) in [6.45, 7) is 13.5. The minimum atomic E-state index is -4.80. The topological polar surface area (TPSA) is 184 Å². The number of alkyl halides is 3. The molecule has 0 unspecified atom stereocenters. The van der Waals surface area contributed by atoms with Crippen molar-refractivity contribution < 1.29 is 42.2 Å². The summed E-state index contributed by atoms with van der Waals surface area (Å²) in [6, 6.07) is 23.0. The molecule has 0 saturated carbocycles. The Kier molecular flexibility index (Phi) is 16.6. The zero-order chi connectivity index (χ0) is 54.7. The van der Waals surface area contributed by atoms with Crippen LogP contribution in [0, 0.1) is 35.5 Å². The predicted octanol–water partition coefficient (Wildman–Crippen LogP) is 8.67. The molecule has 0 bridgehead atoms. The number of ether oxygens (including phenoxy) is 1. The van der Waals surface area contributed by atoms with E-state index < -0.39 is 52.2 Å². The first-order valence-electron chi connectivity index (χ1n) is 25.3. The fraction of sp³-hybridized carbons (Fsp3) is 0.429. The molecule has 0 aliphatic carbocycles. The number of halogens is 3. The number of β-amino-alcohol motifs (C(OH)–C–C–N with tert-alkyl or cyclic N) is 1. The molecule has 3 fully saturated rings. The summed E-state index contributed by atoms with van der Waals surface area (Å²) in [6.07, 6.45) is -1.66. The average molecular weight is 1080 g/mol. The molecule has 5 aromatic rings. The Hall–Kier alpha value is -6.79. The number of nitrogens with one attached hydrogen (secondary N) is 2. The monoisotopic (exact) mass is 1080 g/mol. The third kappa shape index (κ3) is 12.2. The number of rotatable bonds is 16. The predicted molar refractivity (Wildman–Crippen MR) is 289 cm³/mol. The molecule has 15 nitrogen and oxygen atoms in total. The van der Waals surface area contributed by atoms with E-state index in [1.165, 1.54) is 11.0 Å². The molecular weight excluding hydrogens is 1020 g/mol. The summed E-state index contributed by atoms with van der Waals surface area (Å²) in [5.41, 5.74) is 3.54. The van der Waals surface area contributed by atoms with E-state index in [1.54, 1.807) is 54.5 Å². The van der Waals surface area contributed by atoms with Crippen LogP contribution in [0.1, 0.15) is 82.7 Å². The van der Waals surface area contributed by atoms with Crippen LogP contribution in [0.4, 0.5) is 30.4 Å². The maximum atomic E-state index is 14.1. The van der Waals surface area contributed by atoms with Crippen molar-refractivity contribution in [2.75, 3.05) is 54.1 Å². The molecule has 400 valence electrons. The van der Waals surface area contributed by atoms with Gasteiger partial charge < -0.3 is 35.2 Å². The minimum absolute atomic E-state index is 0.0112. The first-order valence-corrected chi connectivity index (χ1v) is 26.6. The number of hydrogen-bond acceptors (Lipinski definition) is 12. The maximum Gasteiger partial charge on any atom is 0.417 e. The van der Waals surface area contributed by atoms with Gasteiger partial charge in [0.05, 0.1) is 51.7 Å². The van der Waals surface area contributed by atoms with Gasteiger partial charge in [-0.2, -0.15) is 18.4 Å². The third-order valence-corrected chi connectivity index (χ3v) is 15.8. The van der Waals surface area contributed by atoms with Crippen LogP contribution < -0.4 is 25.3 Å². The van der Waals surface area contributed by atoms with Crippen molar-refractivity contribution in [2.45, 2.75) is 97.6 Å². The van der Waals surface area contributed by atoms with E-state index in [0.717, 1.165) is 81.6 Å². The van der Waals surface area contributed by atoms with Gasteiger partial charge in [0, 0.05) is 62.5 Å². The molecule has 3 atom stereocenters. The fourth-order valence-electron chi connectivity index (χ4n) is 10.2. The molecule has 3 aliphatic rings. The van der Waals surface area contributed by atoms with Crippen molar-refractivity contribution in [2.24, 2.45) is 17.3 Å². The molecule has 20 heteroatoms. The van der Waals surface area contributed by atoms with Gasteiger partial charge in [0.1, 0.15) is 24.0 Å². The first kappa shape index (κ1) is 55.4. The molecule has 5 heterocycles. The SMILES string of the molecule is Cc1ncsc1-c1ccc(CNC(=O)[C@@H]2C[C@@H](O)CN2C(=O)[C@@H](CCNC(=O)COCC2CCN(c3ccc(-c4ccc(N5C(=S)N(c6ccc(C#N)c(C(F)(F)F)c6)C(=O)C5(C)C)cc4)cn3)CC2)C(C)(C)C)cc1. The lowest BCUT2D eigenvalue weighted by Gasteiger charge is -2.35. The molecule has 8 rings (SSSR count). The average Bonchev–Trinajstić information content (AvgIpc) is 4.07. The van der Waals surface area contributed by atoms with E-state index in [1.807, 2.05) is 81.7 Å². The second-order valence-corrected chi connectivity index (χ2v) is 22.4. The third-order valence-electron chi connectivity index (χ3n) is 14.5. The Morgan fingerprint density at radius 2 is 1.62 bits per heavy atom. The van der Waals surface area contributed by atoms with Crippen LogP contribution in [0.5, 0.6) is 0 Å². The number of likely N-dealkylation sites (tertiary alicyclic amines) is 1. The quantitative estimate of drug-likeness (QED) is 0.0801. The number of thiazole rings is 1. The highest BCUT2D eigenvalue weighted by atomic mass is 32.1. The van der Waals surface area contributed by atoms with Crippen LogP contribution in [0.15, 0.2) is 90.6 Å². The number of benzene rings is 3. The standard InChI is InChI=1S/C56H62F3N9O6S2/c1-34-49(76-33-64-34)38-9-7-35(8-10-38)28-63-50(71)46-26-43(69)30-66(46)51(72)44(54(2,3)4)19-22-61-48(70)32-74-31-36-20-23-65(24-21-36)47-18-14-40(29-62-47)37-11-15-41(16-12-37)68-53(75)67(52(73)55(68,5)6)42-17-13-39(27-60)45(25-42)56(57,58)59/h7-18,25,29,33,36,43-44,46,69H,19-24,26,28,30-32H2,1-6H3,(H,61,70)(H,63,71)/t43-,44-,46+/m1/s1. The van der Waals surface area contributed by atoms with Crippen molar-refractivity contribution in [1.29, 1.82) is 5.26 Å². The second kappa shape index (κ2) is 22.8. The Bertz CT molecular complexity index is 2980. The highest BCUT2D eigenvalue weighted by Gasteiger charge is 2.51. The second-order valence-electron chi connectivity index (χ2n) is 21.2. The highest BCUT2D eigenvalue weighted by Crippen LogP contribution is 2.41. The number of carbonyl (C=O) groups is 4.